The fraction of sp³-hybridized carbons (Fsp3) is 0.500. The third-order valence-corrected chi connectivity index (χ3v) is 3.58. The van der Waals surface area contributed by atoms with E-state index in [2.05, 4.69) is 28.2 Å². The minimum atomic E-state index is 0.334. The molecule has 2 nitrogen and oxygen atoms in total. The molecule has 0 spiro atoms. The highest BCUT2D eigenvalue weighted by Gasteiger charge is 2.19. The molecule has 0 amide bonds. The Morgan fingerprint density at radius 1 is 1.50 bits per heavy atom. The molecule has 2 atom stereocenters. The third-order valence-electron chi connectivity index (χ3n) is 2.78. The predicted molar refractivity (Wildman–Crippen MR) is 71.2 cm³/mol. The van der Waals surface area contributed by atoms with Crippen molar-refractivity contribution >= 4 is 33.2 Å². The lowest BCUT2D eigenvalue weighted by atomic mass is 10.0. The number of halogens is 2. The van der Waals surface area contributed by atoms with Crippen molar-refractivity contribution in [2.75, 3.05) is 11.9 Å². The average Bonchev–Trinajstić information content (AvgIpc) is 2.22. The van der Waals surface area contributed by atoms with Gasteiger partial charge in [-0.3, -0.25) is 0 Å². The van der Waals surface area contributed by atoms with Crippen LogP contribution in [0.5, 0.6) is 0 Å². The lowest BCUT2D eigenvalue weighted by Gasteiger charge is -2.29. The summed E-state index contributed by atoms with van der Waals surface area (Å²) < 4.78 is 6.52. The standard InChI is InChI=1S/C12H15BrClNO/c1-8-6-10(4-5-16-8)15-12-3-2-9(13)7-11(12)14/h2-3,7-8,10,15H,4-6H2,1H3. The van der Waals surface area contributed by atoms with Gasteiger partial charge in [0.15, 0.2) is 0 Å². The van der Waals surface area contributed by atoms with Crippen molar-refractivity contribution in [2.24, 2.45) is 0 Å². The first-order valence-electron chi connectivity index (χ1n) is 5.48. The van der Waals surface area contributed by atoms with E-state index < -0.39 is 0 Å². The Labute approximate surface area is 109 Å². The van der Waals surface area contributed by atoms with Crippen LogP contribution in [0.25, 0.3) is 0 Å². The second kappa shape index (κ2) is 5.39. The Kier molecular flexibility index (Phi) is 4.11. The molecular formula is C12H15BrClNO. The SMILES string of the molecule is CC1CC(Nc2ccc(Br)cc2Cl)CCO1. The van der Waals surface area contributed by atoms with Crippen molar-refractivity contribution in [3.8, 4) is 0 Å². The summed E-state index contributed by atoms with van der Waals surface area (Å²) in [5.74, 6) is 0. The molecule has 0 aliphatic carbocycles. The summed E-state index contributed by atoms with van der Waals surface area (Å²) in [5, 5.41) is 4.23. The molecule has 16 heavy (non-hydrogen) atoms. The summed E-state index contributed by atoms with van der Waals surface area (Å²) in [6, 6.07) is 6.37. The molecule has 88 valence electrons. The predicted octanol–water partition coefficient (Wildman–Crippen LogP) is 4.08. The number of hydrogen-bond donors (Lipinski definition) is 1. The Balaban J connectivity index is 2.02. The van der Waals surface area contributed by atoms with Gasteiger partial charge in [0.1, 0.15) is 0 Å². The Morgan fingerprint density at radius 3 is 3.00 bits per heavy atom. The Hall–Kier alpha value is -0.250. The van der Waals surface area contributed by atoms with E-state index in [4.69, 9.17) is 16.3 Å². The van der Waals surface area contributed by atoms with Crippen molar-refractivity contribution in [3.05, 3.63) is 27.7 Å². The molecule has 1 N–H and O–H groups in total. The van der Waals surface area contributed by atoms with Crippen LogP contribution in [-0.4, -0.2) is 18.8 Å². The average molecular weight is 305 g/mol. The van der Waals surface area contributed by atoms with E-state index in [1.807, 2.05) is 18.2 Å². The van der Waals surface area contributed by atoms with E-state index in [-0.39, 0.29) is 0 Å². The van der Waals surface area contributed by atoms with E-state index in [1.54, 1.807) is 0 Å². The van der Waals surface area contributed by atoms with Crippen molar-refractivity contribution in [3.63, 3.8) is 0 Å². The van der Waals surface area contributed by atoms with E-state index in [0.717, 1.165) is 34.6 Å². The number of rotatable bonds is 2. The largest absolute Gasteiger partial charge is 0.381 e. The molecule has 0 bridgehead atoms. The molecule has 1 aromatic rings. The van der Waals surface area contributed by atoms with Crippen molar-refractivity contribution in [1.29, 1.82) is 0 Å². The zero-order chi connectivity index (χ0) is 11.5. The molecule has 4 heteroatoms. The van der Waals surface area contributed by atoms with Crippen LogP contribution in [0, 0.1) is 0 Å². The minimum Gasteiger partial charge on any atom is -0.381 e. The number of anilines is 1. The summed E-state index contributed by atoms with van der Waals surface area (Å²) in [5.41, 5.74) is 1.00. The molecule has 2 rings (SSSR count). The monoisotopic (exact) mass is 303 g/mol. The topological polar surface area (TPSA) is 21.3 Å². The van der Waals surface area contributed by atoms with Gasteiger partial charge in [0.05, 0.1) is 16.8 Å². The Bertz CT molecular complexity index is 372. The zero-order valence-electron chi connectivity index (χ0n) is 9.17. The second-order valence-corrected chi connectivity index (χ2v) is 5.49. The number of nitrogens with one attached hydrogen (secondary N) is 1. The molecule has 1 aromatic carbocycles. The zero-order valence-corrected chi connectivity index (χ0v) is 11.5. The van der Waals surface area contributed by atoms with E-state index in [9.17, 15) is 0 Å². The second-order valence-electron chi connectivity index (χ2n) is 4.17. The summed E-state index contributed by atoms with van der Waals surface area (Å²) in [4.78, 5) is 0. The van der Waals surface area contributed by atoms with Gasteiger partial charge < -0.3 is 10.1 Å². The van der Waals surface area contributed by atoms with Gasteiger partial charge in [0, 0.05) is 17.1 Å². The van der Waals surface area contributed by atoms with Gasteiger partial charge in [0.25, 0.3) is 0 Å². The summed E-state index contributed by atoms with van der Waals surface area (Å²) in [6.45, 7) is 2.93. The highest BCUT2D eigenvalue weighted by Crippen LogP contribution is 2.28. The maximum absolute atomic E-state index is 6.16. The highest BCUT2D eigenvalue weighted by molar-refractivity contribution is 9.10. The highest BCUT2D eigenvalue weighted by atomic mass is 79.9. The summed E-state index contributed by atoms with van der Waals surface area (Å²) >= 11 is 9.56. The number of hydrogen-bond acceptors (Lipinski definition) is 2. The molecule has 1 heterocycles. The first kappa shape index (κ1) is 12.2. The van der Waals surface area contributed by atoms with Gasteiger partial charge >= 0.3 is 0 Å². The van der Waals surface area contributed by atoms with Gasteiger partial charge in [-0.05, 0) is 38.0 Å². The van der Waals surface area contributed by atoms with Gasteiger partial charge in [0.2, 0.25) is 0 Å². The maximum atomic E-state index is 6.16. The quantitative estimate of drug-likeness (QED) is 0.889. The lowest BCUT2D eigenvalue weighted by molar-refractivity contribution is 0.0232. The van der Waals surface area contributed by atoms with Crippen LogP contribution in [0.1, 0.15) is 19.8 Å². The van der Waals surface area contributed by atoms with Crippen LogP contribution in [0.3, 0.4) is 0 Å². The summed E-state index contributed by atoms with van der Waals surface area (Å²) in [7, 11) is 0. The van der Waals surface area contributed by atoms with Crippen molar-refractivity contribution < 1.29 is 4.74 Å². The van der Waals surface area contributed by atoms with Crippen LogP contribution in [0.15, 0.2) is 22.7 Å². The molecule has 0 saturated carbocycles. The first-order chi connectivity index (χ1) is 7.65. The van der Waals surface area contributed by atoms with Gasteiger partial charge in [-0.1, -0.05) is 27.5 Å². The smallest absolute Gasteiger partial charge is 0.0648 e. The van der Waals surface area contributed by atoms with E-state index in [1.165, 1.54) is 0 Å². The summed E-state index contributed by atoms with van der Waals surface area (Å²) in [6.07, 6.45) is 2.41. The van der Waals surface area contributed by atoms with Crippen molar-refractivity contribution in [1.82, 2.24) is 0 Å². The normalized spacial score (nSPS) is 25.4. The molecule has 1 aliphatic rings. The number of ether oxygens (including phenoxy) is 1. The number of benzene rings is 1. The molecule has 1 fully saturated rings. The van der Waals surface area contributed by atoms with Crippen LogP contribution in [-0.2, 0) is 4.74 Å². The molecule has 0 radical (unpaired) electrons. The van der Waals surface area contributed by atoms with Crippen LogP contribution < -0.4 is 5.32 Å². The van der Waals surface area contributed by atoms with E-state index >= 15 is 0 Å². The van der Waals surface area contributed by atoms with Crippen LogP contribution in [0.4, 0.5) is 5.69 Å². The van der Waals surface area contributed by atoms with Crippen molar-refractivity contribution in [2.45, 2.75) is 31.9 Å². The third kappa shape index (κ3) is 3.12. The van der Waals surface area contributed by atoms with Gasteiger partial charge in [-0.25, -0.2) is 0 Å². The molecule has 2 unspecified atom stereocenters. The first-order valence-corrected chi connectivity index (χ1v) is 6.65. The molecule has 1 saturated heterocycles. The van der Waals surface area contributed by atoms with E-state index in [0.29, 0.717) is 12.1 Å². The fourth-order valence-corrected chi connectivity index (χ4v) is 2.68. The minimum absolute atomic E-state index is 0.334. The molecular weight excluding hydrogens is 289 g/mol. The molecule has 1 aliphatic heterocycles. The molecule has 0 aromatic heterocycles. The fourth-order valence-electron chi connectivity index (χ4n) is 1.96. The van der Waals surface area contributed by atoms with Gasteiger partial charge in [-0.2, -0.15) is 0 Å². The maximum Gasteiger partial charge on any atom is 0.0648 e. The lowest BCUT2D eigenvalue weighted by Crippen LogP contribution is -2.32. The van der Waals surface area contributed by atoms with Gasteiger partial charge in [-0.15, -0.1) is 0 Å². The van der Waals surface area contributed by atoms with Crippen LogP contribution in [0.2, 0.25) is 5.02 Å². The Morgan fingerprint density at radius 2 is 2.31 bits per heavy atom. The van der Waals surface area contributed by atoms with Crippen LogP contribution >= 0.6 is 27.5 Å².